The third kappa shape index (κ3) is 3.39. The first-order chi connectivity index (χ1) is 8.91. The number of rotatable bonds is 3. The molecule has 1 saturated heterocycles. The summed E-state index contributed by atoms with van der Waals surface area (Å²) in [7, 11) is -3.12. The summed E-state index contributed by atoms with van der Waals surface area (Å²) >= 11 is 5.90. The smallest absolute Gasteiger partial charge is 0.211 e. The maximum Gasteiger partial charge on any atom is 0.211 e. The fourth-order valence-corrected chi connectivity index (χ4v) is 3.27. The van der Waals surface area contributed by atoms with Gasteiger partial charge in [-0.25, -0.2) is 8.42 Å². The first-order valence-corrected chi connectivity index (χ1v) is 8.24. The van der Waals surface area contributed by atoms with Crippen LogP contribution in [0.25, 0.3) is 0 Å². The van der Waals surface area contributed by atoms with Crippen LogP contribution in [0.1, 0.15) is 5.56 Å². The van der Waals surface area contributed by atoms with E-state index in [1.165, 1.54) is 10.6 Å². The molecule has 1 aromatic rings. The van der Waals surface area contributed by atoms with Gasteiger partial charge in [-0.2, -0.15) is 4.31 Å². The second kappa shape index (κ2) is 5.66. The van der Waals surface area contributed by atoms with Crippen molar-refractivity contribution in [3.63, 3.8) is 0 Å². The quantitative estimate of drug-likeness (QED) is 0.902. The molecule has 0 saturated carbocycles. The maximum atomic E-state index is 11.4. The summed E-state index contributed by atoms with van der Waals surface area (Å²) in [6.45, 7) is 2.07. The van der Waals surface area contributed by atoms with Gasteiger partial charge in [-0.15, -0.1) is 0 Å². The van der Waals surface area contributed by atoms with E-state index in [-0.39, 0.29) is 6.61 Å². The Kier molecular flexibility index (Phi) is 4.35. The first-order valence-electron chi connectivity index (χ1n) is 6.01. The third-order valence-corrected chi connectivity index (χ3v) is 4.80. The molecule has 0 unspecified atom stereocenters. The Bertz CT molecular complexity index is 554. The zero-order valence-corrected chi connectivity index (χ0v) is 12.3. The van der Waals surface area contributed by atoms with Crippen LogP contribution in [-0.4, -0.2) is 50.3 Å². The number of sulfonamides is 1. The Hall–Kier alpha value is -0.820. The minimum atomic E-state index is -3.12. The molecule has 0 radical (unpaired) electrons. The molecule has 2 rings (SSSR count). The van der Waals surface area contributed by atoms with E-state index in [2.05, 4.69) is 4.90 Å². The van der Waals surface area contributed by atoms with Gasteiger partial charge in [0.2, 0.25) is 10.0 Å². The second-order valence-corrected chi connectivity index (χ2v) is 7.00. The molecular weight excluding hydrogens is 288 g/mol. The highest BCUT2D eigenvalue weighted by Gasteiger charge is 2.24. The van der Waals surface area contributed by atoms with Crippen molar-refractivity contribution >= 4 is 27.3 Å². The lowest BCUT2D eigenvalue weighted by molar-refractivity contribution is 0.281. The van der Waals surface area contributed by atoms with E-state index in [1.807, 2.05) is 6.07 Å². The Labute approximate surface area is 118 Å². The van der Waals surface area contributed by atoms with Crippen molar-refractivity contribution in [2.24, 2.45) is 0 Å². The zero-order valence-electron chi connectivity index (χ0n) is 10.7. The summed E-state index contributed by atoms with van der Waals surface area (Å²) in [6.07, 6.45) is 1.23. The minimum Gasteiger partial charge on any atom is -0.392 e. The van der Waals surface area contributed by atoms with Crippen molar-refractivity contribution in [2.75, 3.05) is 37.3 Å². The van der Waals surface area contributed by atoms with E-state index in [1.54, 1.807) is 12.1 Å². The number of benzene rings is 1. The Morgan fingerprint density at radius 2 is 1.89 bits per heavy atom. The summed E-state index contributed by atoms with van der Waals surface area (Å²) < 4.78 is 24.4. The van der Waals surface area contributed by atoms with Gasteiger partial charge in [0.25, 0.3) is 0 Å². The number of halogens is 1. The molecule has 0 amide bonds. The number of hydrogen-bond donors (Lipinski definition) is 1. The van der Waals surface area contributed by atoms with E-state index >= 15 is 0 Å². The van der Waals surface area contributed by atoms with Gasteiger partial charge in [0.15, 0.2) is 0 Å². The van der Waals surface area contributed by atoms with E-state index < -0.39 is 10.0 Å². The maximum absolute atomic E-state index is 11.4. The molecule has 7 heteroatoms. The summed E-state index contributed by atoms with van der Waals surface area (Å²) in [5.41, 5.74) is 1.68. The van der Waals surface area contributed by atoms with Gasteiger partial charge in [0.05, 0.1) is 12.9 Å². The van der Waals surface area contributed by atoms with Crippen molar-refractivity contribution in [1.82, 2.24) is 4.31 Å². The van der Waals surface area contributed by atoms with Gasteiger partial charge in [0.1, 0.15) is 0 Å². The van der Waals surface area contributed by atoms with Crippen LogP contribution in [0.2, 0.25) is 5.02 Å². The Morgan fingerprint density at radius 3 is 2.42 bits per heavy atom. The molecular formula is C12H17ClN2O3S. The number of hydrogen-bond acceptors (Lipinski definition) is 4. The van der Waals surface area contributed by atoms with Gasteiger partial charge < -0.3 is 10.0 Å². The highest BCUT2D eigenvalue weighted by Crippen LogP contribution is 2.25. The SMILES string of the molecule is CS(=O)(=O)N1CCN(c2ccc(Cl)cc2CO)CC1. The van der Waals surface area contributed by atoms with Crippen LogP contribution < -0.4 is 4.90 Å². The fourth-order valence-electron chi connectivity index (χ4n) is 2.25. The molecule has 0 aromatic heterocycles. The average molecular weight is 305 g/mol. The van der Waals surface area contributed by atoms with Crippen LogP contribution in [0.5, 0.6) is 0 Å². The van der Waals surface area contributed by atoms with Crippen molar-refractivity contribution < 1.29 is 13.5 Å². The van der Waals surface area contributed by atoms with Crippen LogP contribution in [0.4, 0.5) is 5.69 Å². The molecule has 106 valence electrons. The topological polar surface area (TPSA) is 60.9 Å². The zero-order chi connectivity index (χ0) is 14.0. The summed E-state index contributed by atoms with van der Waals surface area (Å²) in [5, 5.41) is 9.95. The number of nitrogens with zero attached hydrogens (tertiary/aromatic N) is 2. The molecule has 5 nitrogen and oxygen atoms in total. The van der Waals surface area contributed by atoms with E-state index in [0.29, 0.717) is 31.2 Å². The van der Waals surface area contributed by atoms with Gasteiger partial charge in [-0.1, -0.05) is 11.6 Å². The molecule has 1 aliphatic rings. The first kappa shape index (κ1) is 14.6. The van der Waals surface area contributed by atoms with Crippen LogP contribution in [0.3, 0.4) is 0 Å². The normalized spacial score (nSPS) is 17.7. The Morgan fingerprint density at radius 1 is 1.26 bits per heavy atom. The van der Waals surface area contributed by atoms with Crippen molar-refractivity contribution in [2.45, 2.75) is 6.61 Å². The largest absolute Gasteiger partial charge is 0.392 e. The molecule has 1 aromatic carbocycles. The average Bonchev–Trinajstić information content (AvgIpc) is 2.37. The molecule has 1 N–H and O–H groups in total. The van der Waals surface area contributed by atoms with Gasteiger partial charge in [0, 0.05) is 42.5 Å². The summed E-state index contributed by atoms with van der Waals surface area (Å²) in [6, 6.07) is 5.38. The number of aliphatic hydroxyl groups is 1. The lowest BCUT2D eigenvalue weighted by Crippen LogP contribution is -2.48. The standard InChI is InChI=1S/C12H17ClN2O3S/c1-19(17,18)15-6-4-14(5-7-15)12-3-2-11(13)8-10(12)9-16/h2-3,8,16H,4-7,9H2,1H3. The number of anilines is 1. The van der Waals surface area contributed by atoms with Crippen LogP contribution in [-0.2, 0) is 16.6 Å². The molecule has 0 spiro atoms. The molecule has 0 bridgehead atoms. The van der Waals surface area contributed by atoms with Crippen molar-refractivity contribution in [3.8, 4) is 0 Å². The Balaban J connectivity index is 2.14. The highest BCUT2D eigenvalue weighted by molar-refractivity contribution is 7.88. The van der Waals surface area contributed by atoms with E-state index in [0.717, 1.165) is 11.3 Å². The number of piperazine rings is 1. The highest BCUT2D eigenvalue weighted by atomic mass is 35.5. The predicted octanol–water partition coefficient (Wildman–Crippen LogP) is 0.914. The van der Waals surface area contributed by atoms with Gasteiger partial charge >= 0.3 is 0 Å². The monoisotopic (exact) mass is 304 g/mol. The van der Waals surface area contributed by atoms with E-state index in [9.17, 15) is 13.5 Å². The molecule has 1 fully saturated rings. The van der Waals surface area contributed by atoms with Gasteiger partial charge in [-0.05, 0) is 18.2 Å². The molecule has 0 atom stereocenters. The minimum absolute atomic E-state index is 0.0812. The summed E-state index contributed by atoms with van der Waals surface area (Å²) in [4.78, 5) is 2.07. The van der Waals surface area contributed by atoms with Crippen molar-refractivity contribution in [1.29, 1.82) is 0 Å². The van der Waals surface area contributed by atoms with Crippen LogP contribution in [0, 0.1) is 0 Å². The summed E-state index contributed by atoms with van der Waals surface area (Å²) in [5.74, 6) is 0. The predicted molar refractivity (Wildman–Crippen MR) is 76.0 cm³/mol. The number of aliphatic hydroxyl groups excluding tert-OH is 1. The lowest BCUT2D eigenvalue weighted by atomic mass is 10.1. The molecule has 0 aliphatic carbocycles. The molecule has 19 heavy (non-hydrogen) atoms. The van der Waals surface area contributed by atoms with E-state index in [4.69, 9.17) is 11.6 Å². The van der Waals surface area contributed by atoms with Crippen molar-refractivity contribution in [3.05, 3.63) is 28.8 Å². The fraction of sp³-hybridized carbons (Fsp3) is 0.500. The van der Waals surface area contributed by atoms with Crippen LogP contribution in [0.15, 0.2) is 18.2 Å². The molecule has 1 heterocycles. The third-order valence-electron chi connectivity index (χ3n) is 3.26. The van der Waals surface area contributed by atoms with Crippen LogP contribution >= 0.6 is 11.6 Å². The lowest BCUT2D eigenvalue weighted by Gasteiger charge is -2.35. The molecule has 1 aliphatic heterocycles. The second-order valence-electron chi connectivity index (χ2n) is 4.58. The van der Waals surface area contributed by atoms with Gasteiger partial charge in [-0.3, -0.25) is 0 Å².